The van der Waals surface area contributed by atoms with E-state index in [-0.39, 0.29) is 45.5 Å². The maximum atomic E-state index is 14.1. The van der Waals surface area contributed by atoms with Crippen LogP contribution in [0.3, 0.4) is 0 Å². The van der Waals surface area contributed by atoms with Crippen molar-refractivity contribution < 1.29 is 31.5 Å². The third-order valence-corrected chi connectivity index (χ3v) is 6.93. The molecule has 13 heteroatoms. The summed E-state index contributed by atoms with van der Waals surface area (Å²) in [7, 11) is 1.62. The molecule has 1 unspecified atom stereocenters. The molecular formula is C29H23ClF5N5O2. The Bertz CT molecular complexity index is 1750. The number of halogens is 6. The van der Waals surface area contributed by atoms with E-state index in [1.54, 1.807) is 7.05 Å². The molecule has 42 heavy (non-hydrogen) atoms. The average molecular weight is 604 g/mol. The van der Waals surface area contributed by atoms with E-state index >= 15 is 0 Å². The number of amides is 1. The summed E-state index contributed by atoms with van der Waals surface area (Å²) in [5.74, 6) is 2.95. The zero-order chi connectivity index (χ0) is 30.2. The Morgan fingerprint density at radius 1 is 1.17 bits per heavy atom. The highest BCUT2D eigenvalue weighted by Crippen LogP contribution is 2.43. The normalized spacial score (nSPS) is 15.3. The number of aromatic nitrogens is 2. The minimum absolute atomic E-state index is 0.0245. The van der Waals surface area contributed by atoms with Crippen LogP contribution in [0.2, 0.25) is 5.02 Å². The largest absolute Gasteiger partial charge is 0.453 e. The van der Waals surface area contributed by atoms with Crippen molar-refractivity contribution >= 4 is 39.9 Å². The summed E-state index contributed by atoms with van der Waals surface area (Å²) in [6, 6.07) is 6.21. The van der Waals surface area contributed by atoms with Crippen molar-refractivity contribution in [3.05, 3.63) is 75.8 Å². The number of aryl methyl sites for hydroxylation is 1. The number of nitrogen functional groups attached to an aromatic ring is 1. The molecule has 0 saturated carbocycles. The van der Waals surface area contributed by atoms with Gasteiger partial charge in [0.25, 0.3) is 5.91 Å². The summed E-state index contributed by atoms with van der Waals surface area (Å²) in [5, 5.41) is 10.3. The van der Waals surface area contributed by atoms with Crippen molar-refractivity contribution in [2.75, 3.05) is 17.6 Å². The first kappa shape index (κ1) is 29.2. The lowest BCUT2D eigenvalue weighted by atomic mass is 10.0. The highest BCUT2D eigenvalue weighted by molar-refractivity contribution is 6.32. The van der Waals surface area contributed by atoms with E-state index in [1.807, 2.05) is 0 Å². The Kier molecular flexibility index (Phi) is 7.99. The van der Waals surface area contributed by atoms with Crippen molar-refractivity contribution in [2.45, 2.75) is 31.5 Å². The second kappa shape index (κ2) is 11.5. The lowest BCUT2D eigenvalue weighted by Crippen LogP contribution is -2.32. The summed E-state index contributed by atoms with van der Waals surface area (Å²) in [6.07, 6.45) is -2.04. The van der Waals surface area contributed by atoms with Crippen molar-refractivity contribution in [1.29, 1.82) is 0 Å². The van der Waals surface area contributed by atoms with Crippen LogP contribution in [-0.4, -0.2) is 28.3 Å². The second-order valence-electron chi connectivity index (χ2n) is 9.66. The number of nitrogens with two attached hydrogens (primary N) is 1. The van der Waals surface area contributed by atoms with E-state index in [4.69, 9.17) is 22.1 Å². The minimum atomic E-state index is -4.89. The van der Waals surface area contributed by atoms with E-state index < -0.39 is 34.8 Å². The number of ether oxygens (including phenoxy) is 1. The minimum Gasteiger partial charge on any atom is -0.453 e. The van der Waals surface area contributed by atoms with Crippen LogP contribution in [0.25, 0.3) is 10.9 Å². The van der Waals surface area contributed by atoms with Gasteiger partial charge in [-0.05, 0) is 62.2 Å². The third kappa shape index (κ3) is 6.12. The van der Waals surface area contributed by atoms with Gasteiger partial charge in [-0.15, -0.1) is 0 Å². The Balaban J connectivity index is 1.67. The number of nitrogens with one attached hydrogen (secondary N) is 2. The van der Waals surface area contributed by atoms with Gasteiger partial charge in [-0.25, -0.2) is 8.78 Å². The van der Waals surface area contributed by atoms with Gasteiger partial charge in [0, 0.05) is 18.7 Å². The number of benzene rings is 3. The number of nitrogens with zero attached hydrogens (tertiary/aromatic N) is 2. The summed E-state index contributed by atoms with van der Waals surface area (Å²) in [6.45, 7) is 0.809. The molecule has 1 aliphatic rings. The maximum Gasteiger partial charge on any atom is 0.416 e. The van der Waals surface area contributed by atoms with Crippen molar-refractivity contribution in [1.82, 2.24) is 15.1 Å². The number of hydrogen-bond donors (Lipinski definition) is 3. The molecule has 1 atom stereocenters. The Hall–Kier alpha value is -4.34. The van der Waals surface area contributed by atoms with Crippen LogP contribution in [0.5, 0.6) is 11.5 Å². The smallest absolute Gasteiger partial charge is 0.416 e. The van der Waals surface area contributed by atoms with Gasteiger partial charge in [-0.1, -0.05) is 23.4 Å². The van der Waals surface area contributed by atoms with Crippen LogP contribution in [0.15, 0.2) is 42.5 Å². The molecule has 0 spiro atoms. The average Bonchev–Trinajstić information content (AvgIpc) is 3.24. The first-order chi connectivity index (χ1) is 19.9. The molecule has 5 rings (SSSR count). The van der Waals surface area contributed by atoms with Crippen LogP contribution in [0.4, 0.5) is 33.5 Å². The highest BCUT2D eigenvalue weighted by Gasteiger charge is 2.32. The fourth-order valence-corrected chi connectivity index (χ4v) is 4.82. The molecule has 4 aromatic rings. The number of fused-ring (bicyclic) bond motifs is 1. The molecule has 7 nitrogen and oxygen atoms in total. The number of carbonyl (C=O) groups excluding carboxylic acids is 1. The molecule has 4 N–H and O–H groups in total. The topological polar surface area (TPSA) is 94.2 Å². The standard InChI is InChI=1S/C29H23ClF5N5O2/c1-40-25-15(5-7-20-4-2-3-9-37-20)12-22(38-28(41)16-10-17(29(33,34)35)13-19(32)11-16)26(24(25)27(36)39-40)42-23-14-18(31)6-8-21(23)30/h6,8,10-14,20,37H,2-4,9H2,1H3,(H2,36,39)(H,38,41). The molecule has 1 saturated heterocycles. The Labute approximate surface area is 241 Å². The number of carbonyl (C=O) groups is 1. The molecule has 1 aromatic heterocycles. The Morgan fingerprint density at radius 3 is 2.67 bits per heavy atom. The molecule has 3 aromatic carbocycles. The lowest BCUT2D eigenvalue weighted by molar-refractivity contribution is -0.137. The van der Waals surface area contributed by atoms with Crippen LogP contribution >= 0.6 is 11.6 Å². The van der Waals surface area contributed by atoms with Gasteiger partial charge in [-0.2, -0.15) is 18.3 Å². The molecule has 1 aliphatic heterocycles. The third-order valence-electron chi connectivity index (χ3n) is 6.62. The van der Waals surface area contributed by atoms with Crippen molar-refractivity contribution in [3.8, 4) is 23.3 Å². The van der Waals surface area contributed by atoms with Crippen molar-refractivity contribution in [2.24, 2.45) is 7.05 Å². The molecule has 0 radical (unpaired) electrons. The predicted molar refractivity (Wildman–Crippen MR) is 148 cm³/mol. The fraction of sp³-hybridized carbons (Fsp3) is 0.241. The quantitative estimate of drug-likeness (QED) is 0.180. The SMILES string of the molecule is Cn1nc(N)c2c(Oc3cc(F)ccc3Cl)c(NC(=O)c3cc(F)cc(C(F)(F)F)c3)cc(C#CC3CCCCN3)c21. The molecule has 1 amide bonds. The van der Waals surface area contributed by atoms with Gasteiger partial charge in [0.2, 0.25) is 0 Å². The van der Waals surface area contributed by atoms with Gasteiger partial charge < -0.3 is 21.1 Å². The molecular weight excluding hydrogens is 581 g/mol. The zero-order valence-electron chi connectivity index (χ0n) is 22.0. The zero-order valence-corrected chi connectivity index (χ0v) is 22.8. The van der Waals surface area contributed by atoms with Gasteiger partial charge in [0.05, 0.1) is 38.8 Å². The van der Waals surface area contributed by atoms with Gasteiger partial charge in [-0.3, -0.25) is 9.48 Å². The maximum absolute atomic E-state index is 14.1. The van der Waals surface area contributed by atoms with Gasteiger partial charge in [0.1, 0.15) is 17.4 Å². The van der Waals surface area contributed by atoms with E-state index in [0.29, 0.717) is 23.2 Å². The van der Waals surface area contributed by atoms with Crippen LogP contribution < -0.4 is 21.1 Å². The number of rotatable bonds is 4. The molecule has 0 aliphatic carbocycles. The van der Waals surface area contributed by atoms with Gasteiger partial charge in [0.15, 0.2) is 11.6 Å². The number of alkyl halides is 3. The predicted octanol–water partition coefficient (Wildman–Crippen LogP) is 6.64. The first-order valence-corrected chi connectivity index (χ1v) is 13.1. The van der Waals surface area contributed by atoms with E-state index in [9.17, 15) is 26.7 Å². The van der Waals surface area contributed by atoms with E-state index in [2.05, 4.69) is 27.6 Å². The lowest BCUT2D eigenvalue weighted by Gasteiger charge is -2.18. The number of anilines is 2. The summed E-state index contributed by atoms with van der Waals surface area (Å²) in [4.78, 5) is 13.2. The molecule has 0 bridgehead atoms. The monoisotopic (exact) mass is 603 g/mol. The molecule has 2 heterocycles. The summed E-state index contributed by atoms with van der Waals surface area (Å²) in [5.41, 5.74) is 4.99. The van der Waals surface area contributed by atoms with Gasteiger partial charge >= 0.3 is 6.18 Å². The van der Waals surface area contributed by atoms with Crippen molar-refractivity contribution in [3.63, 3.8) is 0 Å². The number of piperidine rings is 1. The fourth-order valence-electron chi connectivity index (χ4n) is 4.67. The second-order valence-corrected chi connectivity index (χ2v) is 10.1. The van der Waals surface area contributed by atoms with Crippen LogP contribution in [0, 0.1) is 23.5 Å². The van der Waals surface area contributed by atoms with E-state index in [0.717, 1.165) is 37.9 Å². The summed E-state index contributed by atoms with van der Waals surface area (Å²) < 4.78 is 75.6. The Morgan fingerprint density at radius 2 is 1.95 bits per heavy atom. The summed E-state index contributed by atoms with van der Waals surface area (Å²) >= 11 is 6.23. The van der Waals surface area contributed by atoms with Crippen LogP contribution in [-0.2, 0) is 13.2 Å². The highest BCUT2D eigenvalue weighted by atomic mass is 35.5. The first-order valence-electron chi connectivity index (χ1n) is 12.8. The number of hydrogen-bond acceptors (Lipinski definition) is 5. The van der Waals surface area contributed by atoms with Crippen LogP contribution in [0.1, 0.15) is 40.7 Å². The van der Waals surface area contributed by atoms with E-state index in [1.165, 1.54) is 16.8 Å². The molecule has 1 fully saturated rings. The molecule has 218 valence electrons.